The molecule has 0 aliphatic heterocycles. The molecule has 0 saturated carbocycles. The minimum Gasteiger partial charge on any atom is -0.454 e. The minimum absolute atomic E-state index is 0.410. The monoisotopic (exact) mass is 426 g/mol. The number of para-hydroxylation sites is 1. The van der Waals surface area contributed by atoms with Crippen molar-refractivity contribution in [2.75, 3.05) is 18.0 Å². The molecule has 0 bridgehead atoms. The van der Waals surface area contributed by atoms with Crippen LogP contribution in [0.1, 0.15) is 25.5 Å². The van der Waals surface area contributed by atoms with Crippen LogP contribution in [0.25, 0.3) is 28.1 Å². The van der Waals surface area contributed by atoms with Crippen molar-refractivity contribution in [2.45, 2.75) is 20.0 Å². The van der Waals surface area contributed by atoms with Crippen LogP contribution in [0.3, 0.4) is 0 Å². The molecule has 0 spiro atoms. The SMILES string of the molecule is CC(C)CN(CC(O)c1ccccc1)c1ccc2ncc(-c3cc4ccccc4o3)n2n1. The number of furan rings is 1. The van der Waals surface area contributed by atoms with Crippen molar-refractivity contribution in [3.63, 3.8) is 0 Å². The Bertz CT molecular complexity index is 1310. The molecule has 1 unspecified atom stereocenters. The number of imidazole rings is 1. The highest BCUT2D eigenvalue weighted by molar-refractivity contribution is 5.82. The van der Waals surface area contributed by atoms with Crippen molar-refractivity contribution >= 4 is 22.4 Å². The average molecular weight is 427 g/mol. The Balaban J connectivity index is 1.51. The Hall–Kier alpha value is -3.64. The zero-order valence-electron chi connectivity index (χ0n) is 18.2. The number of aromatic nitrogens is 3. The molecule has 2 aromatic carbocycles. The number of anilines is 1. The van der Waals surface area contributed by atoms with Gasteiger partial charge in [0.2, 0.25) is 0 Å². The van der Waals surface area contributed by atoms with Gasteiger partial charge in [-0.25, -0.2) is 9.50 Å². The van der Waals surface area contributed by atoms with E-state index >= 15 is 0 Å². The first kappa shape index (κ1) is 20.3. The number of hydrogen-bond acceptors (Lipinski definition) is 5. The number of benzene rings is 2. The molecule has 1 N–H and O–H groups in total. The summed E-state index contributed by atoms with van der Waals surface area (Å²) in [6.07, 6.45) is 1.18. The number of hydrogen-bond donors (Lipinski definition) is 1. The summed E-state index contributed by atoms with van der Waals surface area (Å²) in [5.41, 5.74) is 3.28. The lowest BCUT2D eigenvalue weighted by molar-refractivity contribution is 0.182. The number of rotatable bonds is 7. The summed E-state index contributed by atoms with van der Waals surface area (Å²) < 4.78 is 7.87. The molecule has 0 amide bonds. The van der Waals surface area contributed by atoms with Crippen LogP contribution in [0.5, 0.6) is 0 Å². The minimum atomic E-state index is -0.606. The van der Waals surface area contributed by atoms with Crippen molar-refractivity contribution in [2.24, 2.45) is 5.92 Å². The first-order chi connectivity index (χ1) is 15.6. The Kier molecular flexibility index (Phi) is 5.37. The highest BCUT2D eigenvalue weighted by Crippen LogP contribution is 2.29. The van der Waals surface area contributed by atoms with Gasteiger partial charge in [-0.05, 0) is 35.7 Å². The maximum atomic E-state index is 10.8. The smallest absolute Gasteiger partial charge is 0.155 e. The summed E-state index contributed by atoms with van der Waals surface area (Å²) >= 11 is 0. The summed E-state index contributed by atoms with van der Waals surface area (Å²) in [6, 6.07) is 23.6. The topological polar surface area (TPSA) is 66.8 Å². The molecule has 0 saturated heterocycles. The van der Waals surface area contributed by atoms with Gasteiger partial charge in [0.1, 0.15) is 17.1 Å². The highest BCUT2D eigenvalue weighted by Gasteiger charge is 2.19. The fourth-order valence-corrected chi connectivity index (χ4v) is 4.00. The fourth-order valence-electron chi connectivity index (χ4n) is 4.00. The largest absolute Gasteiger partial charge is 0.454 e. The third-order valence-corrected chi connectivity index (χ3v) is 5.51. The van der Waals surface area contributed by atoms with Gasteiger partial charge in [0.05, 0.1) is 12.3 Å². The molecule has 1 atom stereocenters. The Labute approximate surface area is 186 Å². The molecule has 6 nitrogen and oxygen atoms in total. The number of aliphatic hydroxyl groups excluding tert-OH is 1. The normalized spacial score (nSPS) is 12.6. The van der Waals surface area contributed by atoms with Crippen molar-refractivity contribution in [3.05, 3.63) is 84.6 Å². The molecular formula is C26H26N4O2. The van der Waals surface area contributed by atoms with Crippen molar-refractivity contribution in [3.8, 4) is 11.5 Å². The van der Waals surface area contributed by atoms with E-state index in [9.17, 15) is 5.11 Å². The van der Waals surface area contributed by atoms with Crippen LogP contribution in [0.4, 0.5) is 5.82 Å². The van der Waals surface area contributed by atoms with E-state index in [-0.39, 0.29) is 0 Å². The van der Waals surface area contributed by atoms with Crippen LogP contribution in [0, 0.1) is 5.92 Å². The second-order valence-corrected chi connectivity index (χ2v) is 8.48. The number of nitrogens with zero attached hydrogens (tertiary/aromatic N) is 4. The molecule has 6 heteroatoms. The molecule has 3 aromatic heterocycles. The molecule has 3 heterocycles. The second-order valence-electron chi connectivity index (χ2n) is 8.48. The third kappa shape index (κ3) is 3.97. The van der Waals surface area contributed by atoms with E-state index < -0.39 is 6.10 Å². The summed E-state index contributed by atoms with van der Waals surface area (Å²) in [6.45, 7) is 5.56. The molecule has 162 valence electrons. The molecule has 5 aromatic rings. The van der Waals surface area contributed by atoms with Crippen molar-refractivity contribution in [1.82, 2.24) is 14.6 Å². The lowest BCUT2D eigenvalue weighted by Gasteiger charge is -2.28. The molecule has 0 aliphatic carbocycles. The molecule has 0 aliphatic rings. The predicted molar refractivity (Wildman–Crippen MR) is 127 cm³/mol. The van der Waals surface area contributed by atoms with Crippen molar-refractivity contribution in [1.29, 1.82) is 0 Å². The third-order valence-electron chi connectivity index (χ3n) is 5.51. The van der Waals surface area contributed by atoms with Gasteiger partial charge in [0.15, 0.2) is 11.4 Å². The lowest BCUT2D eigenvalue weighted by Crippen LogP contribution is -2.33. The van der Waals surface area contributed by atoms with Gasteiger partial charge >= 0.3 is 0 Å². The Morgan fingerprint density at radius 1 is 0.969 bits per heavy atom. The second kappa shape index (κ2) is 8.48. The molecule has 5 rings (SSSR count). The maximum absolute atomic E-state index is 10.8. The summed E-state index contributed by atoms with van der Waals surface area (Å²) in [4.78, 5) is 6.64. The quantitative estimate of drug-likeness (QED) is 0.381. The summed E-state index contributed by atoms with van der Waals surface area (Å²) in [5.74, 6) is 1.92. The Morgan fingerprint density at radius 2 is 1.75 bits per heavy atom. The zero-order chi connectivity index (χ0) is 22.1. The highest BCUT2D eigenvalue weighted by atomic mass is 16.3. The molecular weight excluding hydrogens is 400 g/mol. The van der Waals surface area contributed by atoms with E-state index in [0.29, 0.717) is 12.5 Å². The fraction of sp³-hybridized carbons (Fsp3) is 0.231. The van der Waals surface area contributed by atoms with Crippen LogP contribution < -0.4 is 4.90 Å². The van der Waals surface area contributed by atoms with Gasteiger partial charge in [-0.2, -0.15) is 0 Å². The summed E-state index contributed by atoms with van der Waals surface area (Å²) in [5, 5.41) is 16.8. The van der Waals surface area contributed by atoms with Crippen molar-refractivity contribution < 1.29 is 9.52 Å². The van der Waals surface area contributed by atoms with E-state index in [0.717, 1.165) is 46.0 Å². The van der Waals surface area contributed by atoms with Crippen LogP contribution in [-0.2, 0) is 0 Å². The van der Waals surface area contributed by atoms with Crippen LogP contribution in [0.2, 0.25) is 0 Å². The first-order valence-electron chi connectivity index (χ1n) is 10.9. The Morgan fingerprint density at radius 3 is 2.53 bits per heavy atom. The first-order valence-corrected chi connectivity index (χ1v) is 10.9. The number of fused-ring (bicyclic) bond motifs is 2. The number of aliphatic hydroxyl groups is 1. The van der Waals surface area contributed by atoms with E-state index in [4.69, 9.17) is 9.52 Å². The summed E-state index contributed by atoms with van der Waals surface area (Å²) in [7, 11) is 0. The van der Waals surface area contributed by atoms with E-state index in [1.165, 1.54) is 0 Å². The van der Waals surface area contributed by atoms with Gasteiger partial charge in [-0.1, -0.05) is 62.4 Å². The van der Waals surface area contributed by atoms with Gasteiger partial charge in [-0.3, -0.25) is 0 Å². The van der Waals surface area contributed by atoms with Crippen LogP contribution in [0.15, 0.2) is 83.4 Å². The van der Waals surface area contributed by atoms with E-state index in [1.807, 2.05) is 77.3 Å². The van der Waals surface area contributed by atoms with Gasteiger partial charge in [0, 0.05) is 18.5 Å². The van der Waals surface area contributed by atoms with Crippen LogP contribution >= 0.6 is 0 Å². The van der Waals surface area contributed by atoms with E-state index in [2.05, 4.69) is 23.7 Å². The van der Waals surface area contributed by atoms with Gasteiger partial charge < -0.3 is 14.4 Å². The van der Waals surface area contributed by atoms with Gasteiger partial charge in [0.25, 0.3) is 0 Å². The average Bonchev–Trinajstić information content (AvgIpc) is 3.42. The zero-order valence-corrected chi connectivity index (χ0v) is 18.2. The lowest BCUT2D eigenvalue weighted by atomic mass is 10.1. The standard InChI is InChI=1S/C26H26N4O2/c1-18(2)16-29(17-22(31)19-8-4-3-5-9-19)26-13-12-25-27-15-21(30(25)28-26)24-14-20-10-6-7-11-23(20)32-24/h3-15,18,22,31H,16-17H2,1-2H3. The molecule has 0 radical (unpaired) electrons. The van der Waals surface area contributed by atoms with Crippen LogP contribution in [-0.4, -0.2) is 32.8 Å². The predicted octanol–water partition coefficient (Wildman–Crippen LogP) is 5.34. The molecule has 0 fully saturated rings. The van der Waals surface area contributed by atoms with Gasteiger partial charge in [-0.15, -0.1) is 5.10 Å². The maximum Gasteiger partial charge on any atom is 0.155 e. The van der Waals surface area contributed by atoms with E-state index in [1.54, 1.807) is 6.20 Å². The molecule has 32 heavy (non-hydrogen) atoms.